The molecule has 1 rings (SSSR count). The van der Waals surface area contributed by atoms with E-state index in [1.807, 2.05) is 0 Å². The number of rotatable bonds is 0. The Kier molecular flexibility index (Phi) is 8.44. The third-order valence-electron chi connectivity index (χ3n) is 1.62. The molecule has 0 spiro atoms. The molecule has 1 radical (unpaired) electrons. The third-order valence-corrected chi connectivity index (χ3v) is 3.30. The predicted molar refractivity (Wildman–Crippen MR) is 44.6 cm³/mol. The normalized spacial score (nSPS) is 27.4. The monoisotopic (exact) mass is 205 g/mol. The van der Waals surface area contributed by atoms with Gasteiger partial charge in [-0.05, 0) is 6.42 Å². The van der Waals surface area contributed by atoms with Gasteiger partial charge in [-0.2, -0.15) is 0 Å². The van der Waals surface area contributed by atoms with Crippen LogP contribution in [0.25, 0.3) is 0 Å². The maximum absolute atomic E-state index is 8.99. The van der Waals surface area contributed by atoms with E-state index in [2.05, 4.69) is 0 Å². The van der Waals surface area contributed by atoms with E-state index in [4.69, 9.17) is 15.3 Å². The molecule has 0 aromatic rings. The molecule has 1 heterocycles. The number of aliphatic hydroxyl groups is 3. The Labute approximate surface area is 105 Å². The molecule has 4 nitrogen and oxygen atoms in total. The van der Waals surface area contributed by atoms with Crippen molar-refractivity contribution in [3.63, 3.8) is 0 Å². The van der Waals surface area contributed by atoms with Crippen LogP contribution in [0.3, 0.4) is 0 Å². The van der Waals surface area contributed by atoms with Crippen LogP contribution in [0.5, 0.6) is 0 Å². The van der Waals surface area contributed by atoms with Gasteiger partial charge in [-0.1, -0.05) is 11.7 Å². The van der Waals surface area contributed by atoms with Crippen LogP contribution >= 0.6 is 0 Å². The second-order valence-corrected chi connectivity index (χ2v) is 4.27. The zero-order valence-corrected chi connectivity index (χ0v) is 9.69. The van der Waals surface area contributed by atoms with E-state index in [9.17, 15) is 0 Å². The van der Waals surface area contributed by atoms with Crippen molar-refractivity contribution in [2.45, 2.75) is 28.9 Å². The Balaban J connectivity index is -0.000000101. The molecule has 1 aliphatic heterocycles. The fraction of sp³-hybridized carbons (Fsp3) is 1.00. The Morgan fingerprint density at radius 1 is 1.45 bits per heavy atom. The molecule has 0 bridgehead atoms. The van der Waals surface area contributed by atoms with Crippen molar-refractivity contribution in [2.75, 3.05) is 0 Å². The molecule has 63 valence electrons. The summed E-state index contributed by atoms with van der Waals surface area (Å²) in [6, 6.07) is 0. The van der Waals surface area contributed by atoms with Gasteiger partial charge in [0.1, 0.15) is 4.65 Å². The topological polar surface area (TPSA) is 92.2 Å². The summed E-state index contributed by atoms with van der Waals surface area (Å²) in [5.41, 5.74) is 0. The predicted octanol–water partition coefficient (Wildman–Crippen LogP) is -2.08. The van der Waals surface area contributed by atoms with E-state index >= 15 is 0 Å². The van der Waals surface area contributed by atoms with Crippen LogP contribution < -0.4 is 0 Å². The van der Waals surface area contributed by atoms with Gasteiger partial charge in [-0.15, -0.1) is 0 Å². The van der Waals surface area contributed by atoms with Gasteiger partial charge in [0.25, 0.3) is 0 Å². The molecule has 1 atom stereocenters. The zero-order valence-electron chi connectivity index (χ0n) is 8.32. The summed E-state index contributed by atoms with van der Waals surface area (Å²) in [6.07, 6.45) is 0.556. The Morgan fingerprint density at radius 3 is 2.27 bits per heavy atom. The summed E-state index contributed by atoms with van der Waals surface area (Å²) in [4.78, 5) is 0. The van der Waals surface area contributed by atoms with Crippen LogP contribution in [0.2, 0.25) is 5.28 Å². The molecule has 0 aromatic carbocycles. The van der Waals surface area contributed by atoms with Crippen molar-refractivity contribution in [3.05, 3.63) is 0 Å². The minimum Gasteiger partial charge on any atom is -1.00 e. The molecule has 0 aromatic heterocycles. The largest absolute Gasteiger partial charge is 2.00 e. The fourth-order valence-electron chi connectivity index (χ4n) is 0.974. The molecule has 0 aliphatic carbocycles. The molecule has 1 fully saturated rings. The van der Waals surface area contributed by atoms with E-state index in [0.717, 1.165) is 11.7 Å². The summed E-state index contributed by atoms with van der Waals surface area (Å²) >= 11 is -0.390. The number of hydrogen-bond acceptors (Lipinski definition) is 3. The van der Waals surface area contributed by atoms with Crippen LogP contribution in [0.15, 0.2) is 0 Å². The standard InChI is InChI=1S/C5H10O3.Al.Ca.H2O.2H/c1-2-3-4(6)5(7)8;;;;;/h4,6-8H,1-3H2;;;1H2;;/q;;+2;;2*-1. The fourth-order valence-corrected chi connectivity index (χ4v) is 2.28. The quantitative estimate of drug-likeness (QED) is 0.313. The van der Waals surface area contributed by atoms with Gasteiger partial charge in [0, 0.05) is 0 Å². The SMILES string of the molecule is O.OC1CC[CH2][Al][C]1(O)O.[Ca+2].[H-].[H-]. The zero-order chi connectivity index (χ0) is 6.91. The Bertz CT molecular complexity index is 119. The van der Waals surface area contributed by atoms with Gasteiger partial charge in [0.2, 0.25) is 0 Å². The maximum Gasteiger partial charge on any atom is 2.00 e. The van der Waals surface area contributed by atoms with Crippen LogP contribution in [0.1, 0.15) is 15.7 Å². The number of aliphatic hydroxyl groups excluding tert-OH is 1. The molecular weight excluding hydrogens is 191 g/mol. The van der Waals surface area contributed by atoms with Gasteiger partial charge >= 0.3 is 53.0 Å². The average Bonchev–Trinajstić information content (AvgIpc) is 1.77. The first-order valence-corrected chi connectivity index (χ1v) is 4.49. The van der Waals surface area contributed by atoms with Crippen molar-refractivity contribution in [1.82, 2.24) is 0 Å². The van der Waals surface area contributed by atoms with Crippen molar-refractivity contribution in [3.8, 4) is 0 Å². The minimum absolute atomic E-state index is 0. The summed E-state index contributed by atoms with van der Waals surface area (Å²) in [6.45, 7) is 0. The summed E-state index contributed by atoms with van der Waals surface area (Å²) in [7, 11) is 0. The van der Waals surface area contributed by atoms with Crippen LogP contribution in [-0.2, 0) is 0 Å². The molecule has 11 heavy (non-hydrogen) atoms. The Hall–Kier alpha value is 1.63. The van der Waals surface area contributed by atoms with Gasteiger partial charge in [-0.3, -0.25) is 0 Å². The summed E-state index contributed by atoms with van der Waals surface area (Å²) in [5, 5.41) is 27.8. The van der Waals surface area contributed by atoms with E-state index in [-0.39, 0.29) is 46.1 Å². The van der Waals surface area contributed by atoms with E-state index in [0.29, 0.717) is 6.42 Å². The van der Waals surface area contributed by atoms with Crippen LogP contribution in [0.4, 0.5) is 0 Å². The molecule has 5 N–H and O–H groups in total. The first-order chi connectivity index (χ1) is 4.13. The molecule has 0 amide bonds. The molecule has 6 heteroatoms. The number of hydrogen-bond donors (Lipinski definition) is 3. The van der Waals surface area contributed by atoms with E-state index in [1.165, 1.54) is 0 Å². The molecule has 1 saturated heterocycles. The molecule has 1 unspecified atom stereocenters. The summed E-state index contributed by atoms with van der Waals surface area (Å²) < 4.78 is -1.72. The average molecular weight is 205 g/mol. The first kappa shape index (κ1) is 15.1. The molecule has 1 aliphatic rings. The second kappa shape index (κ2) is 6.14. The van der Waals surface area contributed by atoms with Gasteiger partial charge in [-0.25, -0.2) is 0 Å². The first-order valence-electron chi connectivity index (χ1n) is 3.10. The van der Waals surface area contributed by atoms with Crippen molar-refractivity contribution >= 4 is 53.0 Å². The third kappa shape index (κ3) is 4.42. The van der Waals surface area contributed by atoms with E-state index < -0.39 is 26.0 Å². The Morgan fingerprint density at radius 2 is 2.00 bits per heavy atom. The van der Waals surface area contributed by atoms with Gasteiger partial charge in [0.15, 0.2) is 0 Å². The van der Waals surface area contributed by atoms with Gasteiger partial charge < -0.3 is 23.6 Å². The molecule has 0 saturated carbocycles. The van der Waals surface area contributed by atoms with Crippen LogP contribution in [-0.4, -0.2) is 84.5 Å². The molecular formula is C5H14AlCaO4. The second-order valence-electron chi connectivity index (χ2n) is 2.43. The smallest absolute Gasteiger partial charge is 1.00 e. The van der Waals surface area contributed by atoms with Crippen LogP contribution in [0, 0.1) is 0 Å². The van der Waals surface area contributed by atoms with E-state index in [1.54, 1.807) is 0 Å². The maximum atomic E-state index is 8.99. The summed E-state index contributed by atoms with van der Waals surface area (Å²) in [5.74, 6) is 0. The van der Waals surface area contributed by atoms with Crippen molar-refractivity contribution in [1.29, 1.82) is 0 Å². The van der Waals surface area contributed by atoms with Crippen molar-refractivity contribution < 1.29 is 23.6 Å². The van der Waals surface area contributed by atoms with Gasteiger partial charge in [0.05, 0.1) is 6.10 Å². The van der Waals surface area contributed by atoms with Crippen molar-refractivity contribution in [2.24, 2.45) is 0 Å². The minimum atomic E-state index is -1.72.